The lowest BCUT2D eigenvalue weighted by atomic mass is 9.84. The standard InChI is InChI=1S/C19H20ClNO2/c1-11-15(8-18(22)23-3)19(13-4-6-14(20)7-5-13)12(2)17-10-21-9-16(11)17/h4-7,21H,8-10H2,1-3H3. The van der Waals surface area contributed by atoms with Crippen molar-refractivity contribution in [2.24, 2.45) is 0 Å². The van der Waals surface area contributed by atoms with E-state index in [0.717, 1.165) is 29.8 Å². The summed E-state index contributed by atoms with van der Waals surface area (Å²) in [4.78, 5) is 11.9. The zero-order chi connectivity index (χ0) is 16.6. The zero-order valence-corrected chi connectivity index (χ0v) is 14.4. The maximum Gasteiger partial charge on any atom is 0.310 e. The van der Waals surface area contributed by atoms with Gasteiger partial charge < -0.3 is 10.1 Å². The molecular weight excluding hydrogens is 310 g/mol. The van der Waals surface area contributed by atoms with Gasteiger partial charge in [-0.3, -0.25) is 4.79 Å². The van der Waals surface area contributed by atoms with E-state index < -0.39 is 0 Å². The lowest BCUT2D eigenvalue weighted by Crippen LogP contribution is -2.10. The Labute approximate surface area is 141 Å². The molecule has 0 aromatic heterocycles. The normalized spacial score (nSPS) is 13.0. The summed E-state index contributed by atoms with van der Waals surface area (Å²) in [6.07, 6.45) is 0.286. The molecular formula is C19H20ClNO2. The van der Waals surface area contributed by atoms with Crippen molar-refractivity contribution in [1.82, 2.24) is 5.32 Å². The van der Waals surface area contributed by atoms with Gasteiger partial charge >= 0.3 is 5.97 Å². The van der Waals surface area contributed by atoms with Crippen molar-refractivity contribution in [3.63, 3.8) is 0 Å². The van der Waals surface area contributed by atoms with Gasteiger partial charge in [-0.15, -0.1) is 0 Å². The lowest BCUT2D eigenvalue weighted by Gasteiger charge is -2.20. The summed E-state index contributed by atoms with van der Waals surface area (Å²) in [7, 11) is 1.43. The number of esters is 1. The number of fused-ring (bicyclic) bond motifs is 1. The van der Waals surface area contributed by atoms with Gasteiger partial charge in [0.15, 0.2) is 0 Å². The van der Waals surface area contributed by atoms with Crippen LogP contribution in [0, 0.1) is 13.8 Å². The molecule has 1 aliphatic heterocycles. The van der Waals surface area contributed by atoms with Crippen LogP contribution in [-0.4, -0.2) is 13.1 Å². The second-order valence-corrected chi connectivity index (χ2v) is 6.36. The summed E-state index contributed by atoms with van der Waals surface area (Å²) in [5.74, 6) is -0.214. The number of methoxy groups -OCH3 is 1. The predicted molar refractivity (Wildman–Crippen MR) is 92.6 cm³/mol. The lowest BCUT2D eigenvalue weighted by molar-refractivity contribution is -0.139. The highest BCUT2D eigenvalue weighted by atomic mass is 35.5. The summed E-state index contributed by atoms with van der Waals surface area (Å²) < 4.78 is 4.90. The summed E-state index contributed by atoms with van der Waals surface area (Å²) in [5.41, 5.74) is 8.36. The molecule has 3 rings (SSSR count). The number of rotatable bonds is 3. The fourth-order valence-electron chi connectivity index (χ4n) is 3.44. The van der Waals surface area contributed by atoms with Gasteiger partial charge in [-0.25, -0.2) is 0 Å². The maximum absolute atomic E-state index is 11.9. The topological polar surface area (TPSA) is 38.3 Å². The van der Waals surface area contributed by atoms with E-state index in [4.69, 9.17) is 16.3 Å². The van der Waals surface area contributed by atoms with Crippen molar-refractivity contribution >= 4 is 17.6 Å². The smallest absolute Gasteiger partial charge is 0.310 e. The van der Waals surface area contributed by atoms with Crippen LogP contribution in [0.3, 0.4) is 0 Å². The number of halogens is 1. The van der Waals surface area contributed by atoms with Crippen molar-refractivity contribution in [2.45, 2.75) is 33.4 Å². The third-order valence-corrected chi connectivity index (χ3v) is 4.94. The minimum Gasteiger partial charge on any atom is -0.469 e. The van der Waals surface area contributed by atoms with E-state index in [9.17, 15) is 4.79 Å². The van der Waals surface area contributed by atoms with Crippen LogP contribution in [0.25, 0.3) is 11.1 Å². The number of benzene rings is 2. The highest BCUT2D eigenvalue weighted by Gasteiger charge is 2.24. The van der Waals surface area contributed by atoms with Crippen molar-refractivity contribution in [3.8, 4) is 11.1 Å². The molecule has 0 saturated carbocycles. The summed E-state index contributed by atoms with van der Waals surface area (Å²) in [5, 5.41) is 4.12. The van der Waals surface area contributed by atoms with Crippen molar-refractivity contribution < 1.29 is 9.53 Å². The van der Waals surface area contributed by atoms with E-state index in [0.29, 0.717) is 5.02 Å². The van der Waals surface area contributed by atoms with Crippen molar-refractivity contribution in [3.05, 3.63) is 57.1 Å². The Balaban J connectivity index is 2.25. The van der Waals surface area contributed by atoms with Crippen LogP contribution in [0.2, 0.25) is 5.02 Å². The molecule has 120 valence electrons. The molecule has 1 N–H and O–H groups in total. The second-order valence-electron chi connectivity index (χ2n) is 5.92. The molecule has 23 heavy (non-hydrogen) atoms. The molecule has 0 saturated heterocycles. The summed E-state index contributed by atoms with van der Waals surface area (Å²) >= 11 is 6.03. The molecule has 0 atom stereocenters. The first-order valence-corrected chi connectivity index (χ1v) is 8.08. The van der Waals surface area contributed by atoms with Crippen LogP contribution in [-0.2, 0) is 29.0 Å². The molecule has 2 aromatic carbocycles. The van der Waals surface area contributed by atoms with Gasteiger partial charge in [-0.05, 0) is 64.9 Å². The van der Waals surface area contributed by atoms with Gasteiger partial charge in [0.1, 0.15) is 0 Å². The Kier molecular flexibility index (Phi) is 4.42. The summed E-state index contributed by atoms with van der Waals surface area (Å²) in [6, 6.07) is 7.80. The molecule has 0 aliphatic carbocycles. The van der Waals surface area contributed by atoms with E-state index in [1.807, 2.05) is 24.3 Å². The largest absolute Gasteiger partial charge is 0.469 e. The molecule has 0 radical (unpaired) electrons. The Morgan fingerprint density at radius 3 is 2.35 bits per heavy atom. The zero-order valence-electron chi connectivity index (χ0n) is 13.6. The number of ether oxygens (including phenoxy) is 1. The molecule has 2 aromatic rings. The van der Waals surface area contributed by atoms with Gasteiger partial charge in [0.25, 0.3) is 0 Å². The SMILES string of the molecule is COC(=O)Cc1c(C)c2c(c(C)c1-c1ccc(Cl)cc1)CNC2. The first-order chi connectivity index (χ1) is 11.0. The molecule has 4 heteroatoms. The molecule has 1 aliphatic rings. The van der Waals surface area contributed by atoms with Gasteiger partial charge in [-0.2, -0.15) is 0 Å². The first-order valence-electron chi connectivity index (χ1n) is 7.70. The third kappa shape index (κ3) is 2.87. The number of carbonyl (C=O) groups is 1. The molecule has 1 heterocycles. The van der Waals surface area contributed by atoms with Crippen LogP contribution in [0.1, 0.15) is 27.8 Å². The highest BCUT2D eigenvalue weighted by molar-refractivity contribution is 6.30. The van der Waals surface area contributed by atoms with E-state index >= 15 is 0 Å². The number of hydrogen-bond donors (Lipinski definition) is 1. The quantitative estimate of drug-likeness (QED) is 0.867. The van der Waals surface area contributed by atoms with E-state index in [2.05, 4.69) is 19.2 Å². The average Bonchev–Trinajstić information content (AvgIpc) is 3.04. The Hall–Kier alpha value is -1.84. The van der Waals surface area contributed by atoms with E-state index in [1.54, 1.807) is 0 Å². The van der Waals surface area contributed by atoms with Crippen LogP contribution in [0.15, 0.2) is 24.3 Å². The first kappa shape index (κ1) is 16.0. The molecule has 0 unspecified atom stereocenters. The third-order valence-electron chi connectivity index (χ3n) is 4.68. The van der Waals surface area contributed by atoms with Gasteiger partial charge in [0, 0.05) is 18.1 Å². The predicted octanol–water partition coefficient (Wildman–Crippen LogP) is 3.94. The molecule has 0 amide bonds. The fraction of sp³-hybridized carbons (Fsp3) is 0.316. The molecule has 0 spiro atoms. The maximum atomic E-state index is 11.9. The van der Waals surface area contributed by atoms with Crippen LogP contribution >= 0.6 is 11.6 Å². The minimum atomic E-state index is -0.214. The Bertz CT molecular complexity index is 766. The highest BCUT2D eigenvalue weighted by Crippen LogP contribution is 2.37. The van der Waals surface area contributed by atoms with Crippen LogP contribution < -0.4 is 5.32 Å². The molecule has 0 fully saturated rings. The Morgan fingerprint density at radius 1 is 1.13 bits per heavy atom. The van der Waals surface area contributed by atoms with Crippen molar-refractivity contribution in [1.29, 1.82) is 0 Å². The molecule has 3 nitrogen and oxygen atoms in total. The number of carbonyl (C=O) groups excluding carboxylic acids is 1. The second kappa shape index (κ2) is 6.34. The Morgan fingerprint density at radius 2 is 1.74 bits per heavy atom. The van der Waals surface area contributed by atoms with E-state index in [-0.39, 0.29) is 12.4 Å². The van der Waals surface area contributed by atoms with Crippen molar-refractivity contribution in [2.75, 3.05) is 7.11 Å². The van der Waals surface area contributed by atoms with E-state index in [1.165, 1.54) is 29.4 Å². The van der Waals surface area contributed by atoms with Gasteiger partial charge in [-0.1, -0.05) is 23.7 Å². The van der Waals surface area contributed by atoms with Gasteiger partial charge in [0.05, 0.1) is 13.5 Å². The van der Waals surface area contributed by atoms with Crippen LogP contribution in [0.4, 0.5) is 0 Å². The number of nitrogens with one attached hydrogen (secondary N) is 1. The number of hydrogen-bond acceptors (Lipinski definition) is 3. The molecule has 0 bridgehead atoms. The summed E-state index contributed by atoms with van der Waals surface area (Å²) in [6.45, 7) is 5.97. The average molecular weight is 330 g/mol. The van der Waals surface area contributed by atoms with Gasteiger partial charge in [0.2, 0.25) is 0 Å². The van der Waals surface area contributed by atoms with Crippen LogP contribution in [0.5, 0.6) is 0 Å². The monoisotopic (exact) mass is 329 g/mol. The minimum absolute atomic E-state index is 0.214. The fourth-order valence-corrected chi connectivity index (χ4v) is 3.56.